The highest BCUT2D eigenvalue weighted by molar-refractivity contribution is 7.21. The second-order valence-electron chi connectivity index (χ2n) is 6.24. The summed E-state index contributed by atoms with van der Waals surface area (Å²) >= 11 is 13.9. The second kappa shape index (κ2) is 7.94. The number of hydrogen-bond donors (Lipinski definition) is 2. The Bertz CT molecular complexity index is 1160. The number of halogens is 2. The average Bonchev–Trinajstić information content (AvgIpc) is 3.06. The molecule has 1 atom stereocenters. The third-order valence-corrected chi connectivity index (χ3v) is 6.32. The predicted octanol–water partition coefficient (Wildman–Crippen LogP) is 6.54. The smallest absolute Gasteiger partial charge is 0.267 e. The van der Waals surface area contributed by atoms with Crippen molar-refractivity contribution in [3.05, 3.63) is 98.8 Å². The first-order valence-electron chi connectivity index (χ1n) is 8.55. The zero-order valence-corrected chi connectivity index (χ0v) is 16.9. The fraction of sp³-hybridized carbons (Fsp3) is 0.0455. The molecule has 0 aliphatic carbocycles. The van der Waals surface area contributed by atoms with Crippen molar-refractivity contribution in [1.82, 2.24) is 0 Å². The van der Waals surface area contributed by atoms with Crippen molar-refractivity contribution in [2.45, 2.75) is 6.10 Å². The van der Waals surface area contributed by atoms with E-state index in [4.69, 9.17) is 23.2 Å². The zero-order valence-electron chi connectivity index (χ0n) is 14.5. The van der Waals surface area contributed by atoms with Crippen LogP contribution in [-0.4, -0.2) is 11.0 Å². The van der Waals surface area contributed by atoms with Crippen LogP contribution in [-0.2, 0) is 0 Å². The van der Waals surface area contributed by atoms with E-state index in [0.717, 1.165) is 10.1 Å². The van der Waals surface area contributed by atoms with Crippen molar-refractivity contribution in [3.63, 3.8) is 0 Å². The summed E-state index contributed by atoms with van der Waals surface area (Å²) in [6, 6.07) is 21.8. The monoisotopic (exact) mass is 427 g/mol. The van der Waals surface area contributed by atoms with Crippen LogP contribution in [0, 0.1) is 0 Å². The number of hydrogen-bond acceptors (Lipinski definition) is 3. The number of benzene rings is 3. The lowest BCUT2D eigenvalue weighted by Crippen LogP contribution is -2.14. The number of anilines is 1. The lowest BCUT2D eigenvalue weighted by Gasteiger charge is -2.17. The molecule has 0 aliphatic heterocycles. The number of carbonyl (C=O) groups is 1. The predicted molar refractivity (Wildman–Crippen MR) is 117 cm³/mol. The number of thiophene rings is 1. The van der Waals surface area contributed by atoms with Crippen molar-refractivity contribution in [1.29, 1.82) is 0 Å². The number of aliphatic hydroxyl groups excluding tert-OH is 1. The van der Waals surface area contributed by atoms with Gasteiger partial charge in [0.05, 0.1) is 5.02 Å². The van der Waals surface area contributed by atoms with Crippen molar-refractivity contribution < 1.29 is 9.90 Å². The number of carbonyl (C=O) groups excluding carboxylic acids is 1. The highest BCUT2D eigenvalue weighted by Crippen LogP contribution is 2.36. The molecule has 0 saturated carbocycles. The summed E-state index contributed by atoms with van der Waals surface area (Å²) in [5.74, 6) is -0.324. The van der Waals surface area contributed by atoms with E-state index < -0.39 is 6.10 Å². The Morgan fingerprint density at radius 3 is 2.43 bits per heavy atom. The van der Waals surface area contributed by atoms with Crippen molar-refractivity contribution in [2.24, 2.45) is 0 Å². The van der Waals surface area contributed by atoms with Crippen LogP contribution in [0.25, 0.3) is 10.1 Å². The number of rotatable bonds is 4. The molecule has 4 rings (SSSR count). The quantitative estimate of drug-likeness (QED) is 0.388. The average molecular weight is 428 g/mol. The molecule has 0 radical (unpaired) electrons. The number of fused-ring (bicyclic) bond motifs is 1. The van der Waals surface area contributed by atoms with E-state index >= 15 is 0 Å². The van der Waals surface area contributed by atoms with Crippen LogP contribution in [0.3, 0.4) is 0 Å². The van der Waals surface area contributed by atoms with Gasteiger partial charge in [0.2, 0.25) is 0 Å². The maximum atomic E-state index is 12.9. The Morgan fingerprint density at radius 1 is 0.964 bits per heavy atom. The maximum absolute atomic E-state index is 12.9. The molecule has 28 heavy (non-hydrogen) atoms. The molecular weight excluding hydrogens is 413 g/mol. The molecule has 1 amide bonds. The Hall–Kier alpha value is -2.37. The van der Waals surface area contributed by atoms with E-state index in [1.807, 2.05) is 54.6 Å². The van der Waals surface area contributed by atoms with Crippen LogP contribution < -0.4 is 5.32 Å². The largest absolute Gasteiger partial charge is 0.384 e. The molecule has 3 aromatic carbocycles. The molecule has 0 saturated heterocycles. The first kappa shape index (κ1) is 19.0. The van der Waals surface area contributed by atoms with Crippen molar-refractivity contribution >= 4 is 56.2 Å². The Morgan fingerprint density at radius 2 is 1.68 bits per heavy atom. The van der Waals surface area contributed by atoms with Gasteiger partial charge in [0.25, 0.3) is 5.91 Å². The summed E-state index contributed by atoms with van der Waals surface area (Å²) in [5, 5.41) is 15.4. The molecule has 0 bridgehead atoms. The molecule has 1 aromatic heterocycles. The molecule has 0 aliphatic rings. The number of nitrogens with one attached hydrogen (secondary N) is 1. The van der Waals surface area contributed by atoms with E-state index in [1.165, 1.54) is 11.3 Å². The van der Waals surface area contributed by atoms with E-state index in [-0.39, 0.29) is 5.91 Å². The Kier molecular flexibility index (Phi) is 5.38. The molecule has 6 heteroatoms. The molecule has 0 spiro atoms. The molecule has 4 aromatic rings. The standard InChI is InChI=1S/C22H15Cl2NO2S/c23-14-10-11-17(16(12-14)20(26)13-6-2-1-3-7-13)25-22(27)21-19(24)15-8-4-5-9-18(15)28-21/h1-12,20,26H,(H,25,27)/t20-/m0/s1. The number of amides is 1. The summed E-state index contributed by atoms with van der Waals surface area (Å²) in [6.07, 6.45) is -0.923. The van der Waals surface area contributed by atoms with E-state index in [1.54, 1.807) is 18.2 Å². The molecule has 0 fully saturated rings. The number of aliphatic hydroxyl groups is 1. The zero-order chi connectivity index (χ0) is 19.7. The molecule has 3 nitrogen and oxygen atoms in total. The van der Waals surface area contributed by atoms with Gasteiger partial charge < -0.3 is 10.4 Å². The van der Waals surface area contributed by atoms with Crippen LogP contribution in [0.15, 0.2) is 72.8 Å². The summed E-state index contributed by atoms with van der Waals surface area (Å²) in [4.78, 5) is 13.3. The van der Waals surface area contributed by atoms with Gasteiger partial charge in [-0.2, -0.15) is 0 Å². The summed E-state index contributed by atoms with van der Waals surface area (Å²) in [7, 11) is 0. The summed E-state index contributed by atoms with van der Waals surface area (Å²) in [5.41, 5.74) is 1.71. The van der Waals surface area contributed by atoms with Crippen molar-refractivity contribution in [3.8, 4) is 0 Å². The molecule has 2 N–H and O–H groups in total. The van der Waals surface area contributed by atoms with Gasteiger partial charge in [-0.15, -0.1) is 11.3 Å². The highest BCUT2D eigenvalue weighted by atomic mass is 35.5. The van der Waals surface area contributed by atoms with Crippen LogP contribution in [0.2, 0.25) is 10.0 Å². The first-order chi connectivity index (χ1) is 13.5. The topological polar surface area (TPSA) is 49.3 Å². The Balaban J connectivity index is 1.69. The van der Waals surface area contributed by atoms with E-state index in [9.17, 15) is 9.90 Å². The van der Waals surface area contributed by atoms with Gasteiger partial charge in [-0.05, 0) is 29.8 Å². The van der Waals surface area contributed by atoms with Gasteiger partial charge in [0, 0.05) is 26.4 Å². The fourth-order valence-electron chi connectivity index (χ4n) is 3.03. The van der Waals surface area contributed by atoms with Gasteiger partial charge in [-0.25, -0.2) is 0 Å². The van der Waals surface area contributed by atoms with Crippen molar-refractivity contribution in [2.75, 3.05) is 5.32 Å². The lowest BCUT2D eigenvalue weighted by atomic mass is 10.00. The fourth-order valence-corrected chi connectivity index (χ4v) is 4.62. The molecular formula is C22H15Cl2NO2S. The van der Waals surface area contributed by atoms with Gasteiger partial charge in [-0.1, -0.05) is 71.7 Å². The normalized spacial score (nSPS) is 12.1. The minimum Gasteiger partial charge on any atom is -0.384 e. The van der Waals surface area contributed by atoms with Gasteiger partial charge in [0.15, 0.2) is 0 Å². The molecule has 1 heterocycles. The van der Waals surface area contributed by atoms with E-state index in [0.29, 0.717) is 31.7 Å². The minimum absolute atomic E-state index is 0.324. The molecule has 0 unspecified atom stereocenters. The van der Waals surface area contributed by atoms with Crippen LogP contribution in [0.5, 0.6) is 0 Å². The van der Waals surface area contributed by atoms with Crippen LogP contribution in [0.4, 0.5) is 5.69 Å². The van der Waals surface area contributed by atoms with Gasteiger partial charge in [-0.3, -0.25) is 4.79 Å². The van der Waals surface area contributed by atoms with E-state index in [2.05, 4.69) is 5.32 Å². The second-order valence-corrected chi connectivity index (χ2v) is 8.11. The Labute approximate surface area is 176 Å². The van der Waals surface area contributed by atoms with Crippen LogP contribution in [0.1, 0.15) is 26.9 Å². The maximum Gasteiger partial charge on any atom is 0.267 e. The lowest BCUT2D eigenvalue weighted by molar-refractivity contribution is 0.103. The minimum atomic E-state index is -0.923. The van der Waals surface area contributed by atoms with Crippen LogP contribution >= 0.6 is 34.5 Å². The molecule has 140 valence electrons. The third-order valence-electron chi connectivity index (χ3n) is 4.41. The first-order valence-corrected chi connectivity index (χ1v) is 10.1. The summed E-state index contributed by atoms with van der Waals surface area (Å²) < 4.78 is 0.943. The SMILES string of the molecule is O=C(Nc1ccc(Cl)cc1[C@@H](O)c1ccccc1)c1sc2ccccc2c1Cl. The third kappa shape index (κ3) is 3.64. The summed E-state index contributed by atoms with van der Waals surface area (Å²) in [6.45, 7) is 0. The van der Waals surface area contributed by atoms with Gasteiger partial charge >= 0.3 is 0 Å². The highest BCUT2D eigenvalue weighted by Gasteiger charge is 2.20. The van der Waals surface area contributed by atoms with Gasteiger partial charge in [0.1, 0.15) is 11.0 Å².